The van der Waals surface area contributed by atoms with Crippen molar-refractivity contribution in [1.29, 1.82) is 0 Å². The molecule has 2 aromatic heterocycles. The number of rotatable bonds is 7. The van der Waals surface area contributed by atoms with Gasteiger partial charge < -0.3 is 9.80 Å². The molecule has 0 bridgehead atoms. The van der Waals surface area contributed by atoms with Gasteiger partial charge in [-0.2, -0.15) is 5.10 Å². The van der Waals surface area contributed by atoms with Gasteiger partial charge in [0, 0.05) is 63.9 Å². The van der Waals surface area contributed by atoms with Gasteiger partial charge in [0.15, 0.2) is 0 Å². The maximum atomic E-state index is 13.1. The summed E-state index contributed by atoms with van der Waals surface area (Å²) in [7, 11) is 0. The van der Waals surface area contributed by atoms with Crippen molar-refractivity contribution in [3.8, 4) is 11.1 Å². The molecule has 0 radical (unpaired) electrons. The highest BCUT2D eigenvalue weighted by Crippen LogP contribution is 2.22. The molecule has 1 saturated heterocycles. The van der Waals surface area contributed by atoms with E-state index in [1.54, 1.807) is 17.1 Å². The number of aromatic nitrogens is 3. The van der Waals surface area contributed by atoms with Crippen LogP contribution in [0.3, 0.4) is 0 Å². The molecule has 1 aromatic carbocycles. The zero-order valence-corrected chi connectivity index (χ0v) is 18.4. The quantitative estimate of drug-likeness (QED) is 0.577. The maximum absolute atomic E-state index is 13.1. The Balaban J connectivity index is 1.45. The van der Waals surface area contributed by atoms with Gasteiger partial charge in [0.05, 0.1) is 5.92 Å². The number of aryl methyl sites for hydroxylation is 1. The van der Waals surface area contributed by atoms with Crippen molar-refractivity contribution in [2.75, 3.05) is 26.2 Å². The van der Waals surface area contributed by atoms with Gasteiger partial charge in [-0.15, -0.1) is 0 Å². The lowest BCUT2D eigenvalue weighted by Gasteiger charge is -2.23. The van der Waals surface area contributed by atoms with Crippen LogP contribution in [-0.2, 0) is 22.6 Å². The Labute approximate surface area is 188 Å². The fraction of sp³-hybridized carbons (Fsp3) is 0.360. The summed E-state index contributed by atoms with van der Waals surface area (Å²) in [5, 5.41) is 4.17. The first-order chi connectivity index (χ1) is 15.6. The molecule has 0 saturated carbocycles. The predicted octanol–water partition coefficient (Wildman–Crippen LogP) is 2.88. The van der Waals surface area contributed by atoms with E-state index in [9.17, 15) is 9.59 Å². The number of carbonyl (C=O) groups excluding carboxylic acids is 2. The number of hydrogen-bond acceptors (Lipinski definition) is 4. The third-order valence-electron chi connectivity index (χ3n) is 6.02. The zero-order valence-electron chi connectivity index (χ0n) is 18.4. The van der Waals surface area contributed by atoms with Gasteiger partial charge in [0.25, 0.3) is 0 Å². The topological polar surface area (TPSA) is 71.3 Å². The normalized spacial score (nSPS) is 16.8. The standard InChI is InChI=1S/C25H29N5O2/c1-2-28-15-16-29(24(31)10-14-30-13-4-12-27-30)19-23(25(28)32)17-20-6-8-21(9-7-20)22-5-3-11-26-18-22/h3-9,11-13,18,23H,2,10,14-17,19H2,1H3/t23-/m1/s1. The van der Waals surface area contributed by atoms with Crippen molar-refractivity contribution in [1.82, 2.24) is 24.6 Å². The maximum Gasteiger partial charge on any atom is 0.227 e. The smallest absolute Gasteiger partial charge is 0.227 e. The van der Waals surface area contributed by atoms with Crippen molar-refractivity contribution in [3.05, 3.63) is 72.8 Å². The summed E-state index contributed by atoms with van der Waals surface area (Å²) in [6.07, 6.45) is 8.17. The summed E-state index contributed by atoms with van der Waals surface area (Å²) in [5.74, 6) is -0.0373. The number of benzene rings is 1. The van der Waals surface area contributed by atoms with Gasteiger partial charge in [-0.25, -0.2) is 0 Å². The molecule has 0 unspecified atom stereocenters. The lowest BCUT2D eigenvalue weighted by atomic mass is 9.96. The Kier molecular flexibility index (Phi) is 6.94. The molecule has 3 heterocycles. The van der Waals surface area contributed by atoms with Crippen LogP contribution in [0.2, 0.25) is 0 Å². The van der Waals surface area contributed by atoms with Crippen LogP contribution < -0.4 is 0 Å². The van der Waals surface area contributed by atoms with Crippen LogP contribution in [0.15, 0.2) is 67.3 Å². The van der Waals surface area contributed by atoms with E-state index in [2.05, 4.69) is 34.3 Å². The molecule has 7 heteroatoms. The second-order valence-corrected chi connectivity index (χ2v) is 8.12. The van der Waals surface area contributed by atoms with E-state index in [0.29, 0.717) is 45.6 Å². The number of nitrogens with zero attached hydrogens (tertiary/aromatic N) is 5. The number of amides is 2. The lowest BCUT2D eigenvalue weighted by Crippen LogP contribution is -2.38. The van der Waals surface area contributed by atoms with E-state index in [1.165, 1.54) is 0 Å². The molecule has 3 aromatic rings. The highest BCUT2D eigenvalue weighted by Gasteiger charge is 2.31. The van der Waals surface area contributed by atoms with Crippen LogP contribution in [-0.4, -0.2) is 62.6 Å². The summed E-state index contributed by atoms with van der Waals surface area (Å²) >= 11 is 0. The third kappa shape index (κ3) is 5.22. The van der Waals surface area contributed by atoms with Crippen molar-refractivity contribution < 1.29 is 9.59 Å². The summed E-state index contributed by atoms with van der Waals surface area (Å²) in [6, 6.07) is 14.1. The van der Waals surface area contributed by atoms with Gasteiger partial charge >= 0.3 is 0 Å². The van der Waals surface area contributed by atoms with E-state index in [0.717, 1.165) is 16.7 Å². The highest BCUT2D eigenvalue weighted by molar-refractivity contribution is 5.82. The molecule has 7 nitrogen and oxygen atoms in total. The molecule has 32 heavy (non-hydrogen) atoms. The van der Waals surface area contributed by atoms with E-state index >= 15 is 0 Å². The van der Waals surface area contributed by atoms with Gasteiger partial charge in [0.1, 0.15) is 0 Å². The minimum Gasteiger partial charge on any atom is -0.341 e. The first-order valence-electron chi connectivity index (χ1n) is 11.2. The van der Waals surface area contributed by atoms with Gasteiger partial charge in [-0.3, -0.25) is 19.3 Å². The Morgan fingerprint density at radius 2 is 1.91 bits per heavy atom. The third-order valence-corrected chi connectivity index (χ3v) is 6.02. The van der Waals surface area contributed by atoms with Crippen LogP contribution in [0.5, 0.6) is 0 Å². The molecule has 0 aliphatic carbocycles. The monoisotopic (exact) mass is 431 g/mol. The molecule has 1 aliphatic rings. The fourth-order valence-corrected chi connectivity index (χ4v) is 4.19. The Bertz CT molecular complexity index is 1020. The van der Waals surface area contributed by atoms with Gasteiger partial charge in [-0.05, 0) is 42.2 Å². The molecule has 1 fully saturated rings. The predicted molar refractivity (Wildman–Crippen MR) is 123 cm³/mol. The number of pyridine rings is 1. The average Bonchev–Trinajstić information content (AvgIpc) is 3.30. The van der Waals surface area contributed by atoms with Crippen molar-refractivity contribution in [3.63, 3.8) is 0 Å². The van der Waals surface area contributed by atoms with Crippen molar-refractivity contribution in [2.24, 2.45) is 5.92 Å². The number of carbonyl (C=O) groups is 2. The van der Waals surface area contributed by atoms with Crippen LogP contribution >= 0.6 is 0 Å². The molecule has 0 spiro atoms. The lowest BCUT2D eigenvalue weighted by molar-refractivity contribution is -0.134. The molecule has 0 N–H and O–H groups in total. The first kappa shape index (κ1) is 21.7. The number of likely N-dealkylation sites (N-methyl/N-ethyl adjacent to an activating group) is 1. The molecular weight excluding hydrogens is 402 g/mol. The fourth-order valence-electron chi connectivity index (χ4n) is 4.19. The molecular formula is C25H29N5O2. The second-order valence-electron chi connectivity index (χ2n) is 8.12. The van der Waals surface area contributed by atoms with Crippen LogP contribution in [0.25, 0.3) is 11.1 Å². The van der Waals surface area contributed by atoms with E-state index in [4.69, 9.17) is 0 Å². The SMILES string of the molecule is CCN1CCN(C(=O)CCn2cccn2)C[C@@H](Cc2ccc(-c3cccnc3)cc2)C1=O. The molecule has 4 rings (SSSR count). The zero-order chi connectivity index (χ0) is 22.3. The Morgan fingerprint density at radius 3 is 2.59 bits per heavy atom. The van der Waals surface area contributed by atoms with E-state index in [1.807, 2.05) is 47.3 Å². The minimum atomic E-state index is -0.240. The summed E-state index contributed by atoms with van der Waals surface area (Å²) in [5.41, 5.74) is 3.26. The second kappa shape index (κ2) is 10.2. The van der Waals surface area contributed by atoms with Crippen molar-refractivity contribution >= 4 is 11.8 Å². The summed E-state index contributed by atoms with van der Waals surface area (Å²) in [4.78, 5) is 33.9. The Morgan fingerprint density at radius 1 is 1.06 bits per heavy atom. The minimum absolute atomic E-state index is 0.0724. The largest absolute Gasteiger partial charge is 0.341 e. The average molecular weight is 432 g/mol. The molecule has 2 amide bonds. The molecule has 1 atom stereocenters. The summed E-state index contributed by atoms with van der Waals surface area (Å²) in [6.45, 7) is 4.82. The molecule has 166 valence electrons. The van der Waals surface area contributed by atoms with Crippen molar-refractivity contribution in [2.45, 2.75) is 26.3 Å². The van der Waals surface area contributed by atoms with Gasteiger partial charge in [0.2, 0.25) is 11.8 Å². The van der Waals surface area contributed by atoms with Crippen LogP contribution in [0.1, 0.15) is 18.9 Å². The Hall–Kier alpha value is -3.48. The first-order valence-corrected chi connectivity index (χ1v) is 11.2. The number of hydrogen-bond donors (Lipinski definition) is 0. The van der Waals surface area contributed by atoms with Crippen LogP contribution in [0, 0.1) is 5.92 Å². The highest BCUT2D eigenvalue weighted by atomic mass is 16.2. The van der Waals surface area contributed by atoms with E-state index in [-0.39, 0.29) is 17.7 Å². The van der Waals surface area contributed by atoms with E-state index < -0.39 is 0 Å². The van der Waals surface area contributed by atoms with Crippen LogP contribution in [0.4, 0.5) is 0 Å². The summed E-state index contributed by atoms with van der Waals surface area (Å²) < 4.78 is 1.76. The van der Waals surface area contributed by atoms with Gasteiger partial charge in [-0.1, -0.05) is 30.3 Å². The molecule has 1 aliphatic heterocycles.